The fraction of sp³-hybridized carbons (Fsp3) is 0.417. The summed E-state index contributed by atoms with van der Waals surface area (Å²) in [5.74, 6) is 3.47. The summed E-state index contributed by atoms with van der Waals surface area (Å²) < 4.78 is 0. The molecule has 0 saturated carbocycles. The Morgan fingerprint density at radius 2 is 2.14 bits per heavy atom. The normalized spacial score (nSPS) is 21.0. The molecule has 0 spiro atoms. The molecule has 2 heteroatoms. The van der Waals surface area contributed by atoms with Crippen LogP contribution in [0.2, 0.25) is 0 Å². The first-order valence-electron chi connectivity index (χ1n) is 5.00. The Labute approximate surface area is 88.9 Å². The van der Waals surface area contributed by atoms with Gasteiger partial charge in [-0.05, 0) is 35.8 Å². The number of carbonyl (C=O) groups excluding carboxylic acids is 1. The van der Waals surface area contributed by atoms with E-state index in [2.05, 4.69) is 23.9 Å². The minimum Gasteiger partial charge on any atom is -0.298 e. The summed E-state index contributed by atoms with van der Waals surface area (Å²) >= 11 is 2.05. The van der Waals surface area contributed by atoms with Gasteiger partial charge in [0, 0.05) is 5.56 Å². The molecule has 1 saturated heterocycles. The number of rotatable bonds is 3. The van der Waals surface area contributed by atoms with Crippen LogP contribution >= 0.6 is 11.8 Å². The average molecular weight is 206 g/mol. The van der Waals surface area contributed by atoms with Gasteiger partial charge in [-0.15, -0.1) is 0 Å². The number of thioether (sulfide) groups is 1. The van der Waals surface area contributed by atoms with Crippen molar-refractivity contribution in [1.82, 2.24) is 0 Å². The third kappa shape index (κ3) is 2.38. The summed E-state index contributed by atoms with van der Waals surface area (Å²) in [4.78, 5) is 10.5. The largest absolute Gasteiger partial charge is 0.298 e. The van der Waals surface area contributed by atoms with Crippen molar-refractivity contribution >= 4 is 18.0 Å². The first-order chi connectivity index (χ1) is 6.88. The van der Waals surface area contributed by atoms with Crippen LogP contribution < -0.4 is 0 Å². The smallest absolute Gasteiger partial charge is 0.150 e. The Hall–Kier alpha value is -0.760. The second-order valence-electron chi connectivity index (χ2n) is 3.79. The monoisotopic (exact) mass is 206 g/mol. The van der Waals surface area contributed by atoms with Crippen molar-refractivity contribution in [3.8, 4) is 0 Å². The minimum absolute atomic E-state index is 0.773. The van der Waals surface area contributed by atoms with E-state index in [0.29, 0.717) is 0 Å². The van der Waals surface area contributed by atoms with Gasteiger partial charge in [0.1, 0.15) is 6.29 Å². The van der Waals surface area contributed by atoms with Gasteiger partial charge in [0.25, 0.3) is 0 Å². The summed E-state index contributed by atoms with van der Waals surface area (Å²) in [5, 5.41) is 0. The van der Waals surface area contributed by atoms with Crippen LogP contribution in [-0.2, 0) is 6.42 Å². The lowest BCUT2D eigenvalue weighted by Crippen LogP contribution is -2.02. The highest BCUT2D eigenvalue weighted by Crippen LogP contribution is 2.26. The summed E-state index contributed by atoms with van der Waals surface area (Å²) in [6.07, 6.45) is 3.42. The molecule has 0 aliphatic carbocycles. The first-order valence-corrected chi connectivity index (χ1v) is 6.16. The van der Waals surface area contributed by atoms with Gasteiger partial charge >= 0.3 is 0 Å². The number of hydrogen-bond donors (Lipinski definition) is 0. The van der Waals surface area contributed by atoms with Crippen molar-refractivity contribution in [2.75, 3.05) is 11.5 Å². The van der Waals surface area contributed by atoms with Crippen molar-refractivity contribution in [2.45, 2.75) is 12.8 Å². The molecule has 1 atom stereocenters. The zero-order valence-corrected chi connectivity index (χ0v) is 8.93. The quantitative estimate of drug-likeness (QED) is 0.707. The molecule has 1 unspecified atom stereocenters. The molecule has 1 aliphatic rings. The topological polar surface area (TPSA) is 17.1 Å². The maximum absolute atomic E-state index is 10.5. The van der Waals surface area contributed by atoms with Gasteiger partial charge in [0.05, 0.1) is 0 Å². The average Bonchev–Trinajstić information content (AvgIpc) is 2.72. The maximum Gasteiger partial charge on any atom is 0.150 e. The predicted octanol–water partition coefficient (Wildman–Crippen LogP) is 2.79. The highest BCUT2D eigenvalue weighted by molar-refractivity contribution is 7.99. The molecule has 1 aromatic carbocycles. The Bertz CT molecular complexity index is 299. The van der Waals surface area contributed by atoms with Crippen molar-refractivity contribution in [3.05, 3.63) is 35.4 Å². The first kappa shape index (κ1) is 9.78. The summed E-state index contributed by atoms with van der Waals surface area (Å²) in [7, 11) is 0. The van der Waals surface area contributed by atoms with Crippen LogP contribution in [0.3, 0.4) is 0 Å². The molecule has 1 aromatic rings. The third-order valence-electron chi connectivity index (χ3n) is 2.66. The summed E-state index contributed by atoms with van der Waals surface area (Å²) in [5.41, 5.74) is 2.14. The van der Waals surface area contributed by atoms with Gasteiger partial charge in [0.2, 0.25) is 0 Å². The van der Waals surface area contributed by atoms with E-state index in [-0.39, 0.29) is 0 Å². The van der Waals surface area contributed by atoms with E-state index < -0.39 is 0 Å². The Morgan fingerprint density at radius 3 is 2.71 bits per heavy atom. The molecule has 74 valence electrons. The van der Waals surface area contributed by atoms with Crippen LogP contribution in [0, 0.1) is 5.92 Å². The fourth-order valence-electron chi connectivity index (χ4n) is 1.81. The molecule has 1 aliphatic heterocycles. The Morgan fingerprint density at radius 1 is 1.36 bits per heavy atom. The number of hydrogen-bond acceptors (Lipinski definition) is 2. The Kier molecular flexibility index (Phi) is 3.25. The molecule has 2 rings (SSSR count). The van der Waals surface area contributed by atoms with E-state index in [4.69, 9.17) is 0 Å². The molecular formula is C12H14OS. The molecule has 0 aromatic heterocycles. The standard InChI is InChI=1S/C12H14OS/c13-8-11-3-1-10(2-4-11)7-12-5-6-14-9-12/h1-4,8,12H,5-7,9H2. The molecule has 14 heavy (non-hydrogen) atoms. The van der Waals surface area contributed by atoms with E-state index in [1.807, 2.05) is 12.1 Å². The molecule has 0 amide bonds. The van der Waals surface area contributed by atoms with E-state index in [0.717, 1.165) is 17.8 Å². The van der Waals surface area contributed by atoms with Crippen molar-refractivity contribution < 1.29 is 4.79 Å². The highest BCUT2D eigenvalue weighted by Gasteiger charge is 2.15. The zero-order valence-electron chi connectivity index (χ0n) is 8.11. The van der Waals surface area contributed by atoms with Gasteiger partial charge in [-0.2, -0.15) is 11.8 Å². The number of benzene rings is 1. The van der Waals surface area contributed by atoms with Crippen LogP contribution in [0.1, 0.15) is 22.3 Å². The van der Waals surface area contributed by atoms with E-state index >= 15 is 0 Å². The molecular weight excluding hydrogens is 192 g/mol. The molecule has 0 N–H and O–H groups in total. The second-order valence-corrected chi connectivity index (χ2v) is 4.94. The lowest BCUT2D eigenvalue weighted by molar-refractivity contribution is 0.112. The van der Waals surface area contributed by atoms with Crippen LogP contribution in [0.15, 0.2) is 24.3 Å². The van der Waals surface area contributed by atoms with Crippen LogP contribution in [0.25, 0.3) is 0 Å². The van der Waals surface area contributed by atoms with Crippen LogP contribution in [0.4, 0.5) is 0 Å². The minimum atomic E-state index is 0.773. The maximum atomic E-state index is 10.5. The van der Waals surface area contributed by atoms with Crippen LogP contribution in [0.5, 0.6) is 0 Å². The molecule has 1 nitrogen and oxygen atoms in total. The number of aldehydes is 1. The molecule has 1 heterocycles. The SMILES string of the molecule is O=Cc1ccc(CC2CCSC2)cc1. The van der Waals surface area contributed by atoms with Crippen LogP contribution in [-0.4, -0.2) is 17.8 Å². The van der Waals surface area contributed by atoms with Crippen molar-refractivity contribution in [3.63, 3.8) is 0 Å². The lowest BCUT2D eigenvalue weighted by atomic mass is 9.98. The van der Waals surface area contributed by atoms with E-state index in [1.165, 1.54) is 29.9 Å². The predicted molar refractivity (Wildman–Crippen MR) is 61.0 cm³/mol. The van der Waals surface area contributed by atoms with E-state index in [1.54, 1.807) is 0 Å². The van der Waals surface area contributed by atoms with Gasteiger partial charge in [-0.1, -0.05) is 24.3 Å². The molecule has 0 radical (unpaired) electrons. The van der Waals surface area contributed by atoms with Crippen molar-refractivity contribution in [1.29, 1.82) is 0 Å². The molecule has 0 bridgehead atoms. The Balaban J connectivity index is 1.98. The van der Waals surface area contributed by atoms with Gasteiger partial charge < -0.3 is 0 Å². The zero-order chi connectivity index (χ0) is 9.80. The lowest BCUT2D eigenvalue weighted by Gasteiger charge is -2.07. The van der Waals surface area contributed by atoms with Gasteiger partial charge in [-0.25, -0.2) is 0 Å². The van der Waals surface area contributed by atoms with Gasteiger partial charge in [-0.3, -0.25) is 4.79 Å². The van der Waals surface area contributed by atoms with Crippen molar-refractivity contribution in [2.24, 2.45) is 5.92 Å². The van der Waals surface area contributed by atoms with E-state index in [9.17, 15) is 4.79 Å². The number of carbonyl (C=O) groups is 1. The second kappa shape index (κ2) is 4.65. The summed E-state index contributed by atoms with van der Waals surface area (Å²) in [6.45, 7) is 0. The summed E-state index contributed by atoms with van der Waals surface area (Å²) in [6, 6.07) is 7.97. The highest BCUT2D eigenvalue weighted by atomic mass is 32.2. The molecule has 1 fully saturated rings. The third-order valence-corrected chi connectivity index (χ3v) is 3.90. The van der Waals surface area contributed by atoms with Gasteiger partial charge in [0.15, 0.2) is 0 Å². The fourth-order valence-corrected chi connectivity index (χ4v) is 3.09.